The summed E-state index contributed by atoms with van der Waals surface area (Å²) in [5.74, 6) is -0.919. The molecule has 20 heavy (non-hydrogen) atoms. The fourth-order valence-corrected chi connectivity index (χ4v) is 1.95. The van der Waals surface area contributed by atoms with Crippen molar-refractivity contribution in [1.29, 1.82) is 0 Å². The maximum absolute atomic E-state index is 13.6. The lowest BCUT2D eigenvalue weighted by molar-refractivity contribution is -0.385. The Bertz CT molecular complexity index is 497. The molecule has 0 radical (unpaired) electrons. The number of halogens is 2. The number of nitro groups is 1. The molecule has 0 aliphatic carbocycles. The number of carbonyl (C=O) groups is 1. The Morgan fingerprint density at radius 3 is 2.80 bits per heavy atom. The van der Waals surface area contributed by atoms with Gasteiger partial charge in [0.1, 0.15) is 5.82 Å². The predicted octanol–water partition coefficient (Wildman–Crippen LogP) is 3.27. The first-order valence-electron chi connectivity index (χ1n) is 6.23. The van der Waals surface area contributed by atoms with Crippen LogP contribution < -0.4 is 5.32 Å². The molecule has 5 nitrogen and oxygen atoms in total. The van der Waals surface area contributed by atoms with E-state index in [2.05, 4.69) is 28.2 Å². The van der Waals surface area contributed by atoms with Gasteiger partial charge in [0, 0.05) is 17.9 Å². The summed E-state index contributed by atoms with van der Waals surface area (Å²) in [4.78, 5) is 21.5. The van der Waals surface area contributed by atoms with Crippen molar-refractivity contribution < 1.29 is 14.1 Å². The Morgan fingerprint density at radius 2 is 2.25 bits per heavy atom. The summed E-state index contributed by atoms with van der Waals surface area (Å²) in [6.45, 7) is 2.54. The van der Waals surface area contributed by atoms with E-state index in [1.807, 2.05) is 0 Å². The van der Waals surface area contributed by atoms with E-state index >= 15 is 0 Å². The number of nitrogens with one attached hydrogen (secondary N) is 1. The third-order valence-electron chi connectivity index (χ3n) is 2.83. The molecule has 1 N–H and O–H groups in total. The van der Waals surface area contributed by atoms with Gasteiger partial charge in [0.2, 0.25) is 0 Å². The third kappa shape index (κ3) is 4.88. The molecule has 1 unspecified atom stereocenters. The molecule has 7 heteroatoms. The number of nitro benzene ring substituents is 1. The number of non-ortho nitro benzene ring substituents is 1. The molecule has 0 aliphatic heterocycles. The Labute approximate surface area is 124 Å². The zero-order valence-electron chi connectivity index (χ0n) is 11.1. The minimum Gasteiger partial charge on any atom is -0.352 e. The molecule has 0 saturated heterocycles. The fourth-order valence-electron chi connectivity index (χ4n) is 1.63. The molecule has 0 fully saturated rings. The molecule has 0 spiro atoms. The highest BCUT2D eigenvalue weighted by Crippen LogP contribution is 2.16. The van der Waals surface area contributed by atoms with Crippen LogP contribution in [0.25, 0.3) is 0 Å². The summed E-state index contributed by atoms with van der Waals surface area (Å²) in [6, 6.07) is 3.00. The van der Waals surface area contributed by atoms with Crippen molar-refractivity contribution >= 4 is 27.5 Å². The quantitative estimate of drug-likeness (QED) is 0.356. The molecular formula is C13H16BrFN2O3. The standard InChI is InChI=1S/C13H16BrFN2O3/c1-9(8-14)3-2-6-16-13(18)11-5-4-10(17(19)20)7-12(11)15/h4-5,7,9H,2-3,6,8H2,1H3,(H,16,18). The van der Waals surface area contributed by atoms with E-state index in [0.717, 1.165) is 36.4 Å². The molecular weight excluding hydrogens is 331 g/mol. The average molecular weight is 347 g/mol. The van der Waals surface area contributed by atoms with Crippen LogP contribution in [-0.4, -0.2) is 22.7 Å². The van der Waals surface area contributed by atoms with E-state index in [1.54, 1.807) is 0 Å². The molecule has 1 atom stereocenters. The third-order valence-corrected chi connectivity index (χ3v) is 3.94. The van der Waals surface area contributed by atoms with Crippen molar-refractivity contribution in [3.63, 3.8) is 0 Å². The molecule has 0 aliphatic rings. The lowest BCUT2D eigenvalue weighted by Crippen LogP contribution is -2.25. The number of rotatable bonds is 7. The highest BCUT2D eigenvalue weighted by Gasteiger charge is 2.15. The van der Waals surface area contributed by atoms with Crippen LogP contribution in [0, 0.1) is 21.8 Å². The van der Waals surface area contributed by atoms with Crippen molar-refractivity contribution in [3.05, 3.63) is 39.7 Å². The van der Waals surface area contributed by atoms with Gasteiger partial charge in [0.25, 0.3) is 11.6 Å². The zero-order valence-corrected chi connectivity index (χ0v) is 12.7. The van der Waals surface area contributed by atoms with Gasteiger partial charge in [0.15, 0.2) is 0 Å². The molecule has 0 heterocycles. The summed E-state index contributed by atoms with van der Waals surface area (Å²) in [5.41, 5.74) is -0.547. The molecule has 110 valence electrons. The molecule has 1 amide bonds. The van der Waals surface area contributed by atoms with Crippen molar-refractivity contribution in [3.8, 4) is 0 Å². The fraction of sp³-hybridized carbons (Fsp3) is 0.462. The van der Waals surface area contributed by atoms with Crippen LogP contribution in [0.15, 0.2) is 18.2 Å². The Kier molecular flexibility index (Phi) is 6.57. The van der Waals surface area contributed by atoms with Crippen LogP contribution in [-0.2, 0) is 0 Å². The minimum atomic E-state index is -0.884. The van der Waals surface area contributed by atoms with E-state index in [4.69, 9.17) is 0 Å². The van der Waals surface area contributed by atoms with E-state index in [1.165, 1.54) is 0 Å². The van der Waals surface area contributed by atoms with Gasteiger partial charge in [-0.05, 0) is 24.8 Å². The molecule has 1 aromatic carbocycles. The normalized spacial score (nSPS) is 11.9. The monoisotopic (exact) mass is 346 g/mol. The molecule has 0 saturated carbocycles. The largest absolute Gasteiger partial charge is 0.352 e. The van der Waals surface area contributed by atoms with Crippen LogP contribution in [0.5, 0.6) is 0 Å². The Hall–Kier alpha value is -1.50. The number of amides is 1. The second-order valence-electron chi connectivity index (χ2n) is 4.58. The van der Waals surface area contributed by atoms with Crippen LogP contribution in [0.1, 0.15) is 30.1 Å². The maximum atomic E-state index is 13.6. The van der Waals surface area contributed by atoms with Crippen molar-refractivity contribution in [2.45, 2.75) is 19.8 Å². The number of benzene rings is 1. The Balaban J connectivity index is 2.53. The molecule has 1 rings (SSSR count). The van der Waals surface area contributed by atoms with E-state index in [0.29, 0.717) is 12.5 Å². The summed E-state index contributed by atoms with van der Waals surface area (Å²) < 4.78 is 13.6. The summed E-state index contributed by atoms with van der Waals surface area (Å²) in [6.07, 6.45) is 1.75. The minimum absolute atomic E-state index is 0.177. The van der Waals surface area contributed by atoms with Gasteiger partial charge in [-0.25, -0.2) is 4.39 Å². The van der Waals surface area contributed by atoms with Gasteiger partial charge in [-0.1, -0.05) is 22.9 Å². The molecule has 0 bridgehead atoms. The van der Waals surface area contributed by atoms with E-state index < -0.39 is 16.6 Å². The number of carbonyl (C=O) groups excluding carboxylic acids is 1. The van der Waals surface area contributed by atoms with Crippen LogP contribution >= 0.6 is 15.9 Å². The summed E-state index contributed by atoms with van der Waals surface area (Å²) in [7, 11) is 0. The highest BCUT2D eigenvalue weighted by atomic mass is 79.9. The van der Waals surface area contributed by atoms with E-state index in [-0.39, 0.29) is 11.3 Å². The van der Waals surface area contributed by atoms with Crippen LogP contribution in [0.2, 0.25) is 0 Å². The van der Waals surface area contributed by atoms with Crippen molar-refractivity contribution in [2.75, 3.05) is 11.9 Å². The first-order chi connectivity index (χ1) is 9.45. The number of nitrogens with zero attached hydrogens (tertiary/aromatic N) is 1. The van der Waals surface area contributed by atoms with Gasteiger partial charge >= 0.3 is 0 Å². The summed E-state index contributed by atoms with van der Waals surface area (Å²) in [5, 5.41) is 14.0. The zero-order chi connectivity index (χ0) is 15.1. The van der Waals surface area contributed by atoms with Gasteiger partial charge < -0.3 is 5.32 Å². The van der Waals surface area contributed by atoms with Crippen LogP contribution in [0.4, 0.5) is 10.1 Å². The lowest BCUT2D eigenvalue weighted by Gasteiger charge is -2.08. The second-order valence-corrected chi connectivity index (χ2v) is 5.23. The molecule has 1 aromatic rings. The first-order valence-corrected chi connectivity index (χ1v) is 7.36. The van der Waals surface area contributed by atoms with Crippen molar-refractivity contribution in [2.24, 2.45) is 5.92 Å². The predicted molar refractivity (Wildman–Crippen MR) is 77.6 cm³/mol. The van der Waals surface area contributed by atoms with Gasteiger partial charge in [-0.3, -0.25) is 14.9 Å². The van der Waals surface area contributed by atoms with Crippen molar-refractivity contribution in [1.82, 2.24) is 5.32 Å². The van der Waals surface area contributed by atoms with E-state index in [9.17, 15) is 19.3 Å². The maximum Gasteiger partial charge on any atom is 0.272 e. The Morgan fingerprint density at radius 1 is 1.55 bits per heavy atom. The smallest absolute Gasteiger partial charge is 0.272 e. The van der Waals surface area contributed by atoms with Gasteiger partial charge in [-0.2, -0.15) is 0 Å². The topological polar surface area (TPSA) is 72.2 Å². The van der Waals surface area contributed by atoms with Crippen LogP contribution in [0.3, 0.4) is 0 Å². The van der Waals surface area contributed by atoms with Gasteiger partial charge in [-0.15, -0.1) is 0 Å². The second kappa shape index (κ2) is 7.94. The average Bonchev–Trinajstić information content (AvgIpc) is 2.42. The molecule has 0 aromatic heterocycles. The summed E-state index contributed by atoms with van der Waals surface area (Å²) >= 11 is 3.37. The first kappa shape index (κ1) is 16.6. The lowest BCUT2D eigenvalue weighted by atomic mass is 10.1. The van der Waals surface area contributed by atoms with Gasteiger partial charge in [0.05, 0.1) is 16.6 Å². The number of alkyl halides is 1. The number of hydrogen-bond acceptors (Lipinski definition) is 3. The SMILES string of the molecule is CC(CBr)CCCNC(=O)c1ccc([N+](=O)[O-])cc1F. The highest BCUT2D eigenvalue weighted by molar-refractivity contribution is 9.09. The number of hydrogen-bond donors (Lipinski definition) is 1.